The number of hydrogen-bond donors (Lipinski definition) is 1. The Morgan fingerprint density at radius 2 is 2.10 bits per heavy atom. The van der Waals surface area contributed by atoms with Crippen molar-refractivity contribution in [1.82, 2.24) is 19.8 Å². The monoisotopic (exact) mass is 295 g/mol. The fourth-order valence-corrected chi connectivity index (χ4v) is 2.20. The quantitative estimate of drug-likeness (QED) is 0.574. The van der Waals surface area contributed by atoms with E-state index in [9.17, 15) is 13.0 Å². The molecule has 0 amide bonds. The Morgan fingerprint density at radius 3 is 2.65 bits per heavy atom. The molecule has 0 bridgehead atoms. The second-order valence-corrected chi connectivity index (χ2v) is 5.33. The Kier molecular flexibility index (Phi) is 4.32. The normalized spacial score (nSPS) is 13.1. The van der Waals surface area contributed by atoms with Gasteiger partial charge in [0.2, 0.25) is 0 Å². The molecule has 0 fully saturated rings. The summed E-state index contributed by atoms with van der Waals surface area (Å²) >= 11 is 0. The van der Waals surface area contributed by atoms with Crippen molar-refractivity contribution in [2.45, 2.75) is 19.5 Å². The molecule has 0 saturated heterocycles. The minimum atomic E-state index is -4.46. The molecule has 2 rings (SSSR count). The van der Waals surface area contributed by atoms with Crippen molar-refractivity contribution in [3.05, 3.63) is 36.9 Å². The van der Waals surface area contributed by atoms with Crippen LogP contribution >= 0.6 is 0 Å². The Balaban J connectivity index is 2.06. The molecule has 0 saturated carbocycles. The molecule has 2 aromatic heterocycles. The summed E-state index contributed by atoms with van der Waals surface area (Å²) in [4.78, 5) is 8.19. The highest BCUT2D eigenvalue weighted by molar-refractivity contribution is 7.83. The van der Waals surface area contributed by atoms with Crippen LogP contribution in [0.4, 0.5) is 0 Å². The van der Waals surface area contributed by atoms with E-state index in [1.54, 1.807) is 43.8 Å². The maximum absolute atomic E-state index is 10.6. The van der Waals surface area contributed by atoms with Gasteiger partial charge in [-0.25, -0.2) is 23.1 Å². The van der Waals surface area contributed by atoms with E-state index in [0.29, 0.717) is 5.82 Å². The maximum Gasteiger partial charge on any atom is 0.197 e. The van der Waals surface area contributed by atoms with E-state index < -0.39 is 16.3 Å². The molecule has 106 valence electrons. The molecule has 1 atom stereocenters. The first-order valence-corrected chi connectivity index (χ1v) is 7.21. The molecule has 0 spiro atoms. The number of nitrogens with one attached hydrogen (secondary N) is 1. The molecule has 0 radical (unpaired) electrons. The molecule has 9 heteroatoms. The van der Waals surface area contributed by atoms with Gasteiger partial charge in [-0.05, 0) is 18.1 Å². The fourth-order valence-electron chi connectivity index (χ4n) is 1.64. The van der Waals surface area contributed by atoms with Gasteiger partial charge in [-0.1, -0.05) is 4.68 Å². The van der Waals surface area contributed by atoms with E-state index in [2.05, 4.69) is 15.1 Å². The first-order valence-electron chi connectivity index (χ1n) is 5.80. The lowest BCUT2D eigenvalue weighted by Gasteiger charge is -2.12. The van der Waals surface area contributed by atoms with E-state index in [1.165, 1.54) is 4.68 Å². The zero-order valence-corrected chi connectivity index (χ0v) is 11.5. The number of aromatic nitrogens is 4. The Hall–Kier alpha value is -1.97. The highest BCUT2D eigenvalue weighted by Crippen LogP contribution is 2.09. The van der Waals surface area contributed by atoms with E-state index >= 15 is 0 Å². The van der Waals surface area contributed by atoms with Gasteiger partial charge in [0.05, 0.1) is 6.04 Å². The third-order valence-corrected chi connectivity index (χ3v) is 3.09. The van der Waals surface area contributed by atoms with Gasteiger partial charge in [-0.15, -0.1) is 0 Å². The van der Waals surface area contributed by atoms with Gasteiger partial charge >= 0.3 is 0 Å². The SMILES string of the molecule is CC(C[n+]1ccc(-c2ncccn2)cn1)NS(=O)(=O)[O-]. The molecule has 1 unspecified atom stereocenters. The standard InChI is InChI=1S/C11H13N5O3S/c1-9(15-20(17,18)19)8-16-6-3-10(7-14-16)11-12-4-2-5-13-11/h2-7,9,15H,8H2,1H3. The van der Waals surface area contributed by atoms with Crippen molar-refractivity contribution in [1.29, 1.82) is 0 Å². The molecule has 0 aliphatic heterocycles. The Bertz CT molecular complexity index is 660. The van der Waals surface area contributed by atoms with Crippen LogP contribution in [0.25, 0.3) is 11.4 Å². The first kappa shape index (κ1) is 14.4. The molecule has 0 aromatic carbocycles. The van der Waals surface area contributed by atoms with Gasteiger partial charge in [0.1, 0.15) is 6.20 Å². The van der Waals surface area contributed by atoms with Gasteiger partial charge in [0.15, 0.2) is 28.9 Å². The van der Waals surface area contributed by atoms with Gasteiger partial charge in [-0.3, -0.25) is 0 Å². The predicted octanol–water partition coefficient (Wildman–Crippen LogP) is -0.736. The van der Waals surface area contributed by atoms with Crippen molar-refractivity contribution in [2.24, 2.45) is 0 Å². The zero-order valence-electron chi connectivity index (χ0n) is 10.7. The lowest BCUT2D eigenvalue weighted by atomic mass is 10.3. The molecule has 2 aromatic rings. The third kappa shape index (κ3) is 4.30. The van der Waals surface area contributed by atoms with Gasteiger partial charge < -0.3 is 4.55 Å². The summed E-state index contributed by atoms with van der Waals surface area (Å²) in [6, 6.07) is 2.94. The summed E-state index contributed by atoms with van der Waals surface area (Å²) in [5, 5.41) is 4.12. The topological polar surface area (TPSA) is 112 Å². The maximum atomic E-state index is 10.6. The Morgan fingerprint density at radius 1 is 1.40 bits per heavy atom. The summed E-state index contributed by atoms with van der Waals surface area (Å²) in [7, 11) is -4.46. The van der Waals surface area contributed by atoms with Gasteiger partial charge in [0, 0.05) is 24.0 Å². The minimum absolute atomic E-state index is 0.247. The van der Waals surface area contributed by atoms with Crippen molar-refractivity contribution in [3.63, 3.8) is 0 Å². The second kappa shape index (κ2) is 5.99. The largest absolute Gasteiger partial charge is 0.735 e. The molecular weight excluding hydrogens is 282 g/mol. The summed E-state index contributed by atoms with van der Waals surface area (Å²) in [6.07, 6.45) is 6.51. The lowest BCUT2D eigenvalue weighted by molar-refractivity contribution is -0.755. The number of rotatable bonds is 5. The fraction of sp³-hybridized carbons (Fsp3) is 0.273. The summed E-state index contributed by atoms with van der Waals surface area (Å²) in [5.74, 6) is 0.556. The molecular formula is C11H13N5O3S. The van der Waals surface area contributed by atoms with Crippen LogP contribution in [0.15, 0.2) is 36.9 Å². The first-order chi connectivity index (χ1) is 9.44. The van der Waals surface area contributed by atoms with Crippen LogP contribution in [-0.4, -0.2) is 34.1 Å². The van der Waals surface area contributed by atoms with Crippen LogP contribution in [0.5, 0.6) is 0 Å². The molecule has 0 aliphatic rings. The summed E-state index contributed by atoms with van der Waals surface area (Å²) < 4.78 is 35.1. The third-order valence-electron chi connectivity index (χ3n) is 2.40. The van der Waals surface area contributed by atoms with Crippen LogP contribution in [0.3, 0.4) is 0 Å². The van der Waals surface area contributed by atoms with Crippen LogP contribution in [0.2, 0.25) is 0 Å². The molecule has 1 N–H and O–H groups in total. The van der Waals surface area contributed by atoms with Crippen molar-refractivity contribution >= 4 is 10.3 Å². The highest BCUT2D eigenvalue weighted by atomic mass is 32.2. The predicted molar refractivity (Wildman–Crippen MR) is 67.8 cm³/mol. The molecule has 8 nitrogen and oxygen atoms in total. The minimum Gasteiger partial charge on any atom is -0.735 e. The van der Waals surface area contributed by atoms with E-state index in [-0.39, 0.29) is 6.54 Å². The van der Waals surface area contributed by atoms with E-state index in [4.69, 9.17) is 0 Å². The summed E-state index contributed by atoms with van der Waals surface area (Å²) in [6.45, 7) is 1.83. The average molecular weight is 295 g/mol. The van der Waals surface area contributed by atoms with Gasteiger partial charge in [-0.2, -0.15) is 0 Å². The van der Waals surface area contributed by atoms with E-state index in [1.807, 2.05) is 4.72 Å². The highest BCUT2D eigenvalue weighted by Gasteiger charge is 2.13. The van der Waals surface area contributed by atoms with E-state index in [0.717, 1.165) is 5.56 Å². The van der Waals surface area contributed by atoms with Crippen molar-refractivity contribution in [2.75, 3.05) is 0 Å². The number of nitrogens with zero attached hydrogens (tertiary/aromatic N) is 4. The lowest BCUT2D eigenvalue weighted by Crippen LogP contribution is -2.48. The molecule has 0 aliphatic carbocycles. The molecule has 20 heavy (non-hydrogen) atoms. The number of hydrogen-bond acceptors (Lipinski definition) is 6. The molecule has 2 heterocycles. The Labute approximate surface area is 116 Å². The zero-order chi connectivity index (χ0) is 14.6. The second-order valence-electron chi connectivity index (χ2n) is 4.18. The van der Waals surface area contributed by atoms with Crippen LogP contribution in [0.1, 0.15) is 6.92 Å². The van der Waals surface area contributed by atoms with Crippen molar-refractivity contribution < 1.29 is 17.7 Å². The van der Waals surface area contributed by atoms with Crippen molar-refractivity contribution in [3.8, 4) is 11.4 Å². The van der Waals surface area contributed by atoms with Gasteiger partial charge in [0.25, 0.3) is 0 Å². The van der Waals surface area contributed by atoms with Crippen LogP contribution < -0.4 is 9.40 Å². The average Bonchev–Trinajstić information content (AvgIpc) is 2.38. The smallest absolute Gasteiger partial charge is 0.197 e. The van der Waals surface area contributed by atoms with Crippen LogP contribution in [0, 0.1) is 0 Å². The van der Waals surface area contributed by atoms with Crippen LogP contribution in [-0.2, 0) is 16.8 Å². The summed E-state index contributed by atoms with van der Waals surface area (Å²) in [5.41, 5.74) is 0.749.